The van der Waals surface area contributed by atoms with Gasteiger partial charge in [-0.3, -0.25) is 9.69 Å². The van der Waals surface area contributed by atoms with Gasteiger partial charge in [-0.15, -0.1) is 0 Å². The average Bonchev–Trinajstić information content (AvgIpc) is 2.94. The van der Waals surface area contributed by atoms with Gasteiger partial charge in [0, 0.05) is 30.6 Å². The van der Waals surface area contributed by atoms with Crippen LogP contribution in [0.15, 0.2) is 72.8 Å². The van der Waals surface area contributed by atoms with E-state index in [1.165, 1.54) is 0 Å². The Balaban J connectivity index is 1.74. The molecule has 0 saturated heterocycles. The van der Waals surface area contributed by atoms with E-state index >= 15 is 0 Å². The van der Waals surface area contributed by atoms with Crippen molar-refractivity contribution in [3.05, 3.63) is 89.5 Å². The lowest BCUT2D eigenvalue weighted by molar-refractivity contribution is -0.119. The third-order valence-corrected chi connectivity index (χ3v) is 6.97. The number of anilines is 1. The number of hydrogen-bond donors (Lipinski definition) is 0. The molecule has 38 heavy (non-hydrogen) atoms. The predicted molar refractivity (Wildman–Crippen MR) is 148 cm³/mol. The van der Waals surface area contributed by atoms with Crippen LogP contribution in [0.5, 0.6) is 11.5 Å². The largest absolute Gasteiger partial charge is 0.493 e. The molecule has 0 unspecified atom stereocenters. The normalized spacial score (nSPS) is 16.4. The molecular formula is C31H36N2O5. The molecule has 4 rings (SSSR count). The smallest absolute Gasteiger partial charge is 0.410 e. The number of rotatable bonds is 9. The highest BCUT2D eigenvalue weighted by Gasteiger charge is 2.39. The van der Waals surface area contributed by atoms with Crippen LogP contribution in [0.1, 0.15) is 49.4 Å². The van der Waals surface area contributed by atoms with Crippen molar-refractivity contribution in [1.82, 2.24) is 4.90 Å². The van der Waals surface area contributed by atoms with Crippen LogP contribution >= 0.6 is 0 Å². The Labute approximate surface area is 224 Å². The SMILES string of the molecule is CCOC(=O)N(Cc1ccccc1)[C@H]1C[C@@H](C)N(C(=O)CCc2ccccc2)c2cc(OC)c(OC)cc21. The minimum Gasteiger partial charge on any atom is -0.493 e. The highest BCUT2D eigenvalue weighted by molar-refractivity contribution is 5.96. The van der Waals surface area contributed by atoms with Gasteiger partial charge in [0.1, 0.15) is 0 Å². The van der Waals surface area contributed by atoms with Gasteiger partial charge in [0.25, 0.3) is 0 Å². The maximum atomic E-state index is 13.7. The Bertz CT molecular complexity index is 1230. The molecule has 200 valence electrons. The Kier molecular flexibility index (Phi) is 8.89. The van der Waals surface area contributed by atoms with Gasteiger partial charge in [-0.25, -0.2) is 4.79 Å². The molecule has 3 aromatic carbocycles. The van der Waals surface area contributed by atoms with E-state index in [4.69, 9.17) is 14.2 Å². The molecule has 7 nitrogen and oxygen atoms in total. The summed E-state index contributed by atoms with van der Waals surface area (Å²) in [5.74, 6) is 1.11. The van der Waals surface area contributed by atoms with E-state index < -0.39 is 6.09 Å². The molecule has 1 aliphatic rings. The highest BCUT2D eigenvalue weighted by Crippen LogP contribution is 2.46. The molecule has 0 aromatic heterocycles. The second-order valence-electron chi connectivity index (χ2n) is 9.43. The summed E-state index contributed by atoms with van der Waals surface area (Å²) >= 11 is 0. The number of amides is 2. The average molecular weight is 517 g/mol. The molecule has 0 fully saturated rings. The van der Waals surface area contributed by atoms with Crippen molar-refractivity contribution in [3.63, 3.8) is 0 Å². The van der Waals surface area contributed by atoms with Gasteiger partial charge >= 0.3 is 6.09 Å². The van der Waals surface area contributed by atoms with E-state index in [2.05, 4.69) is 0 Å². The summed E-state index contributed by atoms with van der Waals surface area (Å²) in [5, 5.41) is 0. The number of carbonyl (C=O) groups is 2. The van der Waals surface area contributed by atoms with E-state index in [9.17, 15) is 9.59 Å². The number of hydrogen-bond acceptors (Lipinski definition) is 5. The number of ether oxygens (including phenoxy) is 3. The first-order valence-corrected chi connectivity index (χ1v) is 13.1. The number of carbonyl (C=O) groups excluding carboxylic acids is 2. The van der Waals surface area contributed by atoms with Crippen molar-refractivity contribution >= 4 is 17.7 Å². The van der Waals surface area contributed by atoms with Crippen molar-refractivity contribution < 1.29 is 23.8 Å². The quantitative estimate of drug-likeness (QED) is 0.341. The molecule has 7 heteroatoms. The third kappa shape index (κ3) is 5.93. The zero-order chi connectivity index (χ0) is 27.1. The van der Waals surface area contributed by atoms with Crippen LogP contribution in [-0.4, -0.2) is 43.8 Å². The molecule has 1 heterocycles. The van der Waals surface area contributed by atoms with Crippen LogP contribution in [-0.2, 0) is 22.5 Å². The van der Waals surface area contributed by atoms with Gasteiger partial charge in [-0.2, -0.15) is 0 Å². The predicted octanol–water partition coefficient (Wildman–Crippen LogP) is 6.16. The maximum Gasteiger partial charge on any atom is 0.410 e. The number of aryl methyl sites for hydroxylation is 1. The molecule has 3 aromatic rings. The van der Waals surface area contributed by atoms with Gasteiger partial charge in [0.05, 0.1) is 32.6 Å². The molecule has 0 bridgehead atoms. The van der Waals surface area contributed by atoms with Crippen LogP contribution in [0.2, 0.25) is 0 Å². The zero-order valence-corrected chi connectivity index (χ0v) is 22.6. The molecule has 0 saturated carbocycles. The van der Waals surface area contributed by atoms with Crippen LogP contribution in [0, 0.1) is 0 Å². The van der Waals surface area contributed by atoms with Gasteiger partial charge < -0.3 is 19.1 Å². The molecule has 1 aliphatic heterocycles. The molecule has 0 spiro atoms. The molecular weight excluding hydrogens is 480 g/mol. The molecule has 2 amide bonds. The highest BCUT2D eigenvalue weighted by atomic mass is 16.6. The first kappa shape index (κ1) is 27.0. The van der Waals surface area contributed by atoms with Crippen LogP contribution in [0.3, 0.4) is 0 Å². The fourth-order valence-corrected chi connectivity index (χ4v) is 5.13. The van der Waals surface area contributed by atoms with Gasteiger partial charge in [0.2, 0.25) is 5.91 Å². The van der Waals surface area contributed by atoms with E-state index in [0.29, 0.717) is 37.3 Å². The Morgan fingerprint density at radius 3 is 2.13 bits per heavy atom. The minimum atomic E-state index is -0.391. The fourth-order valence-electron chi connectivity index (χ4n) is 5.13. The molecule has 0 aliphatic carbocycles. The summed E-state index contributed by atoms with van der Waals surface area (Å²) in [6.07, 6.45) is 1.19. The van der Waals surface area contributed by atoms with Gasteiger partial charge in [-0.05, 0) is 43.9 Å². The number of methoxy groups -OCH3 is 2. The summed E-state index contributed by atoms with van der Waals surface area (Å²) in [6.45, 7) is 4.48. The number of nitrogens with zero attached hydrogens (tertiary/aromatic N) is 2. The molecule has 2 atom stereocenters. The Morgan fingerprint density at radius 1 is 0.921 bits per heavy atom. The Morgan fingerprint density at radius 2 is 1.53 bits per heavy atom. The zero-order valence-electron chi connectivity index (χ0n) is 22.6. The summed E-state index contributed by atoms with van der Waals surface area (Å²) in [6, 6.07) is 23.1. The Hall–Kier alpha value is -4.00. The van der Waals surface area contributed by atoms with E-state index in [0.717, 1.165) is 22.4 Å². The van der Waals surface area contributed by atoms with Crippen molar-refractivity contribution in [1.29, 1.82) is 0 Å². The molecule has 0 N–H and O–H groups in total. The number of fused-ring (bicyclic) bond motifs is 1. The van der Waals surface area contributed by atoms with Crippen LogP contribution in [0.25, 0.3) is 0 Å². The lowest BCUT2D eigenvalue weighted by Gasteiger charge is -2.43. The summed E-state index contributed by atoms with van der Waals surface area (Å²) in [5.41, 5.74) is 3.67. The van der Waals surface area contributed by atoms with Crippen molar-refractivity contribution in [2.75, 3.05) is 25.7 Å². The molecule has 0 radical (unpaired) electrons. The summed E-state index contributed by atoms with van der Waals surface area (Å²) in [4.78, 5) is 30.5. The van der Waals surface area contributed by atoms with E-state index in [-0.39, 0.29) is 24.6 Å². The summed E-state index contributed by atoms with van der Waals surface area (Å²) in [7, 11) is 3.16. The lowest BCUT2D eigenvalue weighted by atomic mass is 9.89. The maximum absolute atomic E-state index is 13.7. The monoisotopic (exact) mass is 516 g/mol. The third-order valence-electron chi connectivity index (χ3n) is 6.97. The lowest BCUT2D eigenvalue weighted by Crippen LogP contribution is -2.47. The first-order chi connectivity index (χ1) is 18.5. The van der Waals surface area contributed by atoms with E-state index in [1.807, 2.05) is 84.6 Å². The van der Waals surface area contributed by atoms with Crippen LogP contribution < -0.4 is 14.4 Å². The number of benzene rings is 3. The second-order valence-corrected chi connectivity index (χ2v) is 9.43. The first-order valence-electron chi connectivity index (χ1n) is 13.1. The van der Waals surface area contributed by atoms with Gasteiger partial charge in [0.15, 0.2) is 11.5 Å². The fraction of sp³-hybridized carbons (Fsp3) is 0.355. The van der Waals surface area contributed by atoms with Crippen molar-refractivity contribution in [2.24, 2.45) is 0 Å². The summed E-state index contributed by atoms with van der Waals surface area (Å²) < 4.78 is 16.7. The van der Waals surface area contributed by atoms with Gasteiger partial charge in [-0.1, -0.05) is 60.7 Å². The van der Waals surface area contributed by atoms with E-state index in [1.54, 1.807) is 26.0 Å². The minimum absolute atomic E-state index is 0.0269. The van der Waals surface area contributed by atoms with Crippen LogP contribution in [0.4, 0.5) is 10.5 Å². The van der Waals surface area contributed by atoms with Crippen molar-refractivity contribution in [2.45, 2.75) is 51.7 Å². The van der Waals surface area contributed by atoms with Crippen molar-refractivity contribution in [3.8, 4) is 11.5 Å². The topological polar surface area (TPSA) is 68.3 Å². The standard InChI is InChI=1S/C31H36N2O5/c1-5-38-31(35)32(21-24-14-10-7-11-15-24)26-18-22(2)33(30(34)17-16-23-12-8-6-9-13-23)27-20-29(37-4)28(36-3)19-25(26)27/h6-15,19-20,22,26H,5,16-18,21H2,1-4H3/t22-,26+/m1/s1. The second kappa shape index (κ2) is 12.5.